The SMILES string of the molecule is C=C1CCC2(C1)CC1CCCCC1=N2. The van der Waals surface area contributed by atoms with Crippen LogP contribution in [-0.2, 0) is 0 Å². The van der Waals surface area contributed by atoms with Gasteiger partial charge in [0.25, 0.3) is 0 Å². The van der Waals surface area contributed by atoms with E-state index >= 15 is 0 Å². The van der Waals surface area contributed by atoms with E-state index in [4.69, 9.17) is 4.99 Å². The Morgan fingerprint density at radius 1 is 1.29 bits per heavy atom. The molecule has 2 unspecified atom stereocenters. The quantitative estimate of drug-likeness (QED) is 0.517. The van der Waals surface area contributed by atoms with Gasteiger partial charge in [-0.2, -0.15) is 0 Å². The molecular weight excluding hydrogens is 170 g/mol. The first-order valence-electron chi connectivity index (χ1n) is 6.03. The maximum Gasteiger partial charge on any atom is 0.0653 e. The van der Waals surface area contributed by atoms with Gasteiger partial charge in [0.2, 0.25) is 0 Å². The summed E-state index contributed by atoms with van der Waals surface area (Å²) >= 11 is 0. The van der Waals surface area contributed by atoms with Crippen LogP contribution in [0, 0.1) is 5.92 Å². The highest BCUT2D eigenvalue weighted by molar-refractivity contribution is 5.89. The fourth-order valence-electron chi connectivity index (χ4n) is 3.56. The van der Waals surface area contributed by atoms with Crippen molar-refractivity contribution in [3.8, 4) is 0 Å². The van der Waals surface area contributed by atoms with Crippen molar-refractivity contribution < 1.29 is 0 Å². The Bertz CT molecular complexity index is 302. The standard InChI is InChI=1S/C13H19N/c1-10-6-7-13(8-10)9-11-4-2-3-5-12(11)14-13/h11H,1-9H2. The first-order valence-corrected chi connectivity index (χ1v) is 6.03. The highest BCUT2D eigenvalue weighted by atomic mass is 14.9. The number of fused-ring (bicyclic) bond motifs is 1. The Kier molecular flexibility index (Phi) is 1.83. The molecule has 0 radical (unpaired) electrons. The number of hydrogen-bond acceptors (Lipinski definition) is 1. The summed E-state index contributed by atoms with van der Waals surface area (Å²) in [6, 6.07) is 0. The van der Waals surface area contributed by atoms with Crippen molar-refractivity contribution in [1.29, 1.82) is 0 Å². The topological polar surface area (TPSA) is 12.4 Å². The fourth-order valence-corrected chi connectivity index (χ4v) is 3.56. The van der Waals surface area contributed by atoms with Crippen LogP contribution in [0.4, 0.5) is 0 Å². The van der Waals surface area contributed by atoms with E-state index in [1.165, 1.54) is 56.9 Å². The second kappa shape index (κ2) is 2.95. The molecule has 2 aliphatic carbocycles. The van der Waals surface area contributed by atoms with E-state index in [2.05, 4.69) is 6.58 Å². The minimum Gasteiger partial charge on any atom is -0.287 e. The van der Waals surface area contributed by atoms with Gasteiger partial charge in [-0.15, -0.1) is 0 Å². The van der Waals surface area contributed by atoms with Crippen LogP contribution in [0.1, 0.15) is 51.4 Å². The van der Waals surface area contributed by atoms with E-state index in [-0.39, 0.29) is 0 Å². The van der Waals surface area contributed by atoms with Gasteiger partial charge in [0.05, 0.1) is 5.54 Å². The molecule has 3 rings (SSSR count). The average molecular weight is 189 g/mol. The summed E-state index contributed by atoms with van der Waals surface area (Å²) in [7, 11) is 0. The maximum absolute atomic E-state index is 5.05. The number of rotatable bonds is 0. The monoisotopic (exact) mass is 189 g/mol. The Morgan fingerprint density at radius 3 is 2.93 bits per heavy atom. The third kappa shape index (κ3) is 1.25. The van der Waals surface area contributed by atoms with Crippen LogP contribution in [-0.4, -0.2) is 11.3 Å². The van der Waals surface area contributed by atoms with E-state index < -0.39 is 0 Å². The molecule has 2 saturated carbocycles. The zero-order chi connectivity index (χ0) is 9.60. The van der Waals surface area contributed by atoms with Crippen LogP contribution >= 0.6 is 0 Å². The number of aliphatic imine (C=N–C) groups is 1. The Labute approximate surface area is 86.3 Å². The summed E-state index contributed by atoms with van der Waals surface area (Å²) in [6.45, 7) is 4.12. The van der Waals surface area contributed by atoms with E-state index in [0.717, 1.165) is 5.92 Å². The lowest BCUT2D eigenvalue weighted by atomic mass is 9.82. The van der Waals surface area contributed by atoms with E-state index in [1.54, 1.807) is 5.71 Å². The van der Waals surface area contributed by atoms with Gasteiger partial charge < -0.3 is 0 Å². The molecule has 0 aromatic heterocycles. The first-order chi connectivity index (χ1) is 6.77. The maximum atomic E-state index is 5.05. The van der Waals surface area contributed by atoms with Crippen molar-refractivity contribution in [2.75, 3.05) is 0 Å². The van der Waals surface area contributed by atoms with Crippen LogP contribution in [0.15, 0.2) is 17.1 Å². The Hall–Kier alpha value is -0.590. The molecule has 1 heteroatoms. The van der Waals surface area contributed by atoms with Gasteiger partial charge >= 0.3 is 0 Å². The van der Waals surface area contributed by atoms with Gasteiger partial charge in [-0.3, -0.25) is 4.99 Å². The lowest BCUT2D eigenvalue weighted by Crippen LogP contribution is -2.20. The smallest absolute Gasteiger partial charge is 0.0653 e. The molecule has 1 nitrogen and oxygen atoms in total. The second-order valence-electron chi connectivity index (χ2n) is 5.40. The fraction of sp³-hybridized carbons (Fsp3) is 0.769. The third-order valence-electron chi connectivity index (χ3n) is 4.24. The molecule has 0 bridgehead atoms. The molecule has 2 fully saturated rings. The van der Waals surface area contributed by atoms with Crippen LogP contribution in [0.5, 0.6) is 0 Å². The van der Waals surface area contributed by atoms with Crippen molar-refractivity contribution in [3.63, 3.8) is 0 Å². The van der Waals surface area contributed by atoms with Crippen LogP contribution in [0.25, 0.3) is 0 Å². The molecule has 0 aromatic carbocycles. The van der Waals surface area contributed by atoms with Gasteiger partial charge in [-0.05, 0) is 50.9 Å². The lowest BCUT2D eigenvalue weighted by molar-refractivity contribution is 0.388. The molecule has 1 heterocycles. The average Bonchev–Trinajstić information content (AvgIpc) is 2.69. The summed E-state index contributed by atoms with van der Waals surface area (Å²) in [5.41, 5.74) is 3.33. The summed E-state index contributed by atoms with van der Waals surface area (Å²) < 4.78 is 0. The van der Waals surface area contributed by atoms with Crippen LogP contribution in [0.3, 0.4) is 0 Å². The lowest BCUT2D eigenvalue weighted by Gasteiger charge is -2.21. The Morgan fingerprint density at radius 2 is 2.21 bits per heavy atom. The molecule has 1 spiro atoms. The normalized spacial score (nSPS) is 41.6. The largest absolute Gasteiger partial charge is 0.287 e. The van der Waals surface area contributed by atoms with Crippen molar-refractivity contribution in [3.05, 3.63) is 12.2 Å². The predicted molar refractivity (Wildman–Crippen MR) is 59.7 cm³/mol. The summed E-state index contributed by atoms with van der Waals surface area (Å²) in [5.74, 6) is 0.856. The minimum atomic E-state index is 0.335. The minimum absolute atomic E-state index is 0.335. The molecule has 0 aromatic rings. The third-order valence-corrected chi connectivity index (χ3v) is 4.24. The van der Waals surface area contributed by atoms with Crippen molar-refractivity contribution in [2.45, 2.75) is 56.9 Å². The molecular formula is C13H19N. The highest BCUT2D eigenvalue weighted by Crippen LogP contribution is 2.47. The van der Waals surface area contributed by atoms with Crippen molar-refractivity contribution >= 4 is 5.71 Å². The van der Waals surface area contributed by atoms with Crippen molar-refractivity contribution in [1.82, 2.24) is 0 Å². The molecule has 0 N–H and O–H groups in total. The molecule has 76 valence electrons. The van der Waals surface area contributed by atoms with Crippen molar-refractivity contribution in [2.24, 2.45) is 10.9 Å². The zero-order valence-electron chi connectivity index (χ0n) is 8.89. The number of hydrogen-bond donors (Lipinski definition) is 0. The van der Waals surface area contributed by atoms with Crippen LogP contribution in [0.2, 0.25) is 0 Å². The predicted octanol–water partition coefficient (Wildman–Crippen LogP) is 3.50. The van der Waals surface area contributed by atoms with Gasteiger partial charge in [-0.25, -0.2) is 0 Å². The summed E-state index contributed by atoms with van der Waals surface area (Å²) in [4.78, 5) is 5.05. The summed E-state index contributed by atoms with van der Waals surface area (Å²) in [6.07, 6.45) is 10.6. The second-order valence-corrected chi connectivity index (χ2v) is 5.40. The Balaban J connectivity index is 1.85. The first kappa shape index (κ1) is 8.70. The van der Waals surface area contributed by atoms with Gasteiger partial charge in [0.15, 0.2) is 0 Å². The molecule has 0 amide bonds. The van der Waals surface area contributed by atoms with Gasteiger partial charge in [0, 0.05) is 5.71 Å². The number of nitrogens with zero attached hydrogens (tertiary/aromatic N) is 1. The van der Waals surface area contributed by atoms with Gasteiger partial charge in [0.1, 0.15) is 0 Å². The van der Waals surface area contributed by atoms with Crippen LogP contribution < -0.4 is 0 Å². The zero-order valence-corrected chi connectivity index (χ0v) is 8.89. The molecule has 3 aliphatic rings. The molecule has 1 aliphatic heterocycles. The highest BCUT2D eigenvalue weighted by Gasteiger charge is 2.43. The van der Waals surface area contributed by atoms with E-state index in [9.17, 15) is 0 Å². The van der Waals surface area contributed by atoms with E-state index in [1.807, 2.05) is 0 Å². The van der Waals surface area contributed by atoms with E-state index in [0.29, 0.717) is 5.54 Å². The molecule has 14 heavy (non-hydrogen) atoms. The summed E-state index contributed by atoms with van der Waals surface area (Å²) in [5, 5.41) is 0. The molecule has 2 atom stereocenters. The molecule has 0 saturated heterocycles. The van der Waals surface area contributed by atoms with Gasteiger partial charge in [-0.1, -0.05) is 18.6 Å².